The highest BCUT2D eigenvalue weighted by Gasteiger charge is 2.27. The molecule has 0 unspecified atom stereocenters. The number of fused-ring (bicyclic) bond motifs is 1. The average Bonchev–Trinajstić information content (AvgIpc) is 3.22. The monoisotopic (exact) mass is 372 g/mol. The summed E-state index contributed by atoms with van der Waals surface area (Å²) in [4.78, 5) is 24.0. The van der Waals surface area contributed by atoms with Gasteiger partial charge in [-0.2, -0.15) is 5.10 Å². The third-order valence-corrected chi connectivity index (χ3v) is 4.10. The zero-order valence-electron chi connectivity index (χ0n) is 15.2. The Labute approximate surface area is 157 Å². The fraction of sp³-hybridized carbons (Fsp3) is 0.389. The van der Waals surface area contributed by atoms with Crippen molar-refractivity contribution >= 4 is 17.8 Å². The van der Waals surface area contributed by atoms with E-state index >= 15 is 0 Å². The first-order valence-electron chi connectivity index (χ1n) is 8.99. The topological polar surface area (TPSA) is 111 Å². The Morgan fingerprint density at radius 1 is 1.26 bits per heavy atom. The molecule has 0 saturated carbocycles. The number of anilines is 1. The third kappa shape index (κ3) is 5.20. The number of H-pyrrole nitrogens is 1. The van der Waals surface area contributed by atoms with Gasteiger partial charge in [0.1, 0.15) is 11.6 Å². The normalized spacial score (nSPS) is 13.1. The van der Waals surface area contributed by atoms with Crippen LogP contribution in [0.4, 0.5) is 10.6 Å². The molecule has 3 rings (SSSR count). The molecule has 144 valence electrons. The number of hydrogen-bond donors (Lipinski definition) is 4. The molecule has 2 heterocycles. The van der Waals surface area contributed by atoms with Crippen molar-refractivity contribution in [2.24, 2.45) is 0 Å². The van der Waals surface area contributed by atoms with Crippen LogP contribution in [-0.2, 0) is 17.9 Å². The summed E-state index contributed by atoms with van der Waals surface area (Å²) in [6.07, 6.45) is 1.97. The largest absolute Gasteiger partial charge is 0.484 e. The molecule has 27 heavy (non-hydrogen) atoms. The molecule has 4 N–H and O–H groups in total. The molecular weight excluding hydrogens is 348 g/mol. The minimum absolute atomic E-state index is 0.0976. The molecule has 0 spiro atoms. The summed E-state index contributed by atoms with van der Waals surface area (Å²) >= 11 is 0. The first kappa shape index (κ1) is 18.7. The quantitative estimate of drug-likeness (QED) is 0.528. The van der Waals surface area contributed by atoms with Crippen molar-refractivity contribution in [3.05, 3.63) is 41.6 Å². The summed E-state index contributed by atoms with van der Waals surface area (Å²) in [6.45, 7) is 3.55. The lowest BCUT2D eigenvalue weighted by atomic mass is 10.3. The summed E-state index contributed by atoms with van der Waals surface area (Å²) in [7, 11) is 0. The zero-order chi connectivity index (χ0) is 19.1. The fourth-order valence-corrected chi connectivity index (χ4v) is 2.72. The number of unbranched alkanes of at least 4 members (excludes halogenated alkanes) is 1. The van der Waals surface area contributed by atoms with Gasteiger partial charge >= 0.3 is 6.03 Å². The van der Waals surface area contributed by atoms with Crippen LogP contribution >= 0.6 is 0 Å². The van der Waals surface area contributed by atoms with Crippen LogP contribution in [0, 0.1) is 0 Å². The molecule has 0 fully saturated rings. The number of rotatable bonds is 8. The number of hydrogen-bond acceptors (Lipinski definition) is 5. The average molecular weight is 372 g/mol. The van der Waals surface area contributed by atoms with Gasteiger partial charge in [0.05, 0.1) is 12.2 Å². The molecule has 0 radical (unpaired) electrons. The van der Waals surface area contributed by atoms with Crippen molar-refractivity contribution in [2.75, 3.05) is 18.5 Å². The Morgan fingerprint density at radius 3 is 2.85 bits per heavy atom. The predicted molar refractivity (Wildman–Crippen MR) is 99.8 cm³/mol. The molecule has 9 nitrogen and oxygen atoms in total. The molecule has 2 aromatic rings. The number of nitrogens with one attached hydrogen (secondary N) is 4. The van der Waals surface area contributed by atoms with Gasteiger partial charge in [-0.25, -0.2) is 9.80 Å². The summed E-state index contributed by atoms with van der Waals surface area (Å²) < 4.78 is 5.43. The Morgan fingerprint density at radius 2 is 2.07 bits per heavy atom. The Bertz CT molecular complexity index is 777. The van der Waals surface area contributed by atoms with Crippen LogP contribution in [-0.4, -0.2) is 40.3 Å². The number of carbonyl (C=O) groups is 2. The molecule has 0 atom stereocenters. The molecule has 0 aliphatic carbocycles. The van der Waals surface area contributed by atoms with Crippen LogP contribution in [0.25, 0.3) is 0 Å². The third-order valence-electron chi connectivity index (χ3n) is 4.10. The lowest BCUT2D eigenvalue weighted by molar-refractivity contribution is -0.118. The highest BCUT2D eigenvalue weighted by atomic mass is 16.5. The Kier molecular flexibility index (Phi) is 6.26. The van der Waals surface area contributed by atoms with E-state index in [2.05, 4.69) is 33.2 Å². The van der Waals surface area contributed by atoms with E-state index < -0.39 is 0 Å². The number of amides is 3. The van der Waals surface area contributed by atoms with Gasteiger partial charge < -0.3 is 15.4 Å². The lowest BCUT2D eigenvalue weighted by Crippen LogP contribution is -2.45. The van der Waals surface area contributed by atoms with Crippen molar-refractivity contribution in [2.45, 2.75) is 32.9 Å². The molecule has 1 aromatic heterocycles. The van der Waals surface area contributed by atoms with E-state index in [9.17, 15) is 9.59 Å². The molecule has 0 saturated heterocycles. The number of ether oxygens (including phenoxy) is 1. The van der Waals surface area contributed by atoms with Gasteiger partial charge in [-0.1, -0.05) is 31.5 Å². The maximum atomic E-state index is 12.1. The summed E-state index contributed by atoms with van der Waals surface area (Å²) in [5.74, 6) is 0.878. The van der Waals surface area contributed by atoms with E-state index in [-0.39, 0.29) is 18.5 Å². The van der Waals surface area contributed by atoms with Gasteiger partial charge in [-0.15, -0.1) is 0 Å². The standard InChI is InChI=1S/C18H24N6O3/c1-2-3-9-19-18(26)23-24-10-14-15(11-24)21-22-17(14)20-16(25)12-27-13-7-5-4-6-8-13/h4-8H,2-3,9-12H2,1H3,(H2,19,23,26)(H2,20,21,22,25). The summed E-state index contributed by atoms with van der Waals surface area (Å²) in [5.41, 5.74) is 4.44. The molecule has 3 amide bonds. The number of nitrogens with zero attached hydrogens (tertiary/aromatic N) is 2. The smallest absolute Gasteiger partial charge is 0.329 e. The minimum Gasteiger partial charge on any atom is -0.484 e. The second-order valence-corrected chi connectivity index (χ2v) is 6.25. The molecule has 1 aromatic carbocycles. The minimum atomic E-state index is -0.283. The predicted octanol–water partition coefficient (Wildman–Crippen LogP) is 1.76. The van der Waals surface area contributed by atoms with Crippen LogP contribution < -0.4 is 20.8 Å². The Hall–Kier alpha value is -3.07. The van der Waals surface area contributed by atoms with Gasteiger partial charge in [0.25, 0.3) is 5.91 Å². The summed E-state index contributed by atoms with van der Waals surface area (Å²) in [6, 6.07) is 8.90. The maximum Gasteiger partial charge on any atom is 0.329 e. The van der Waals surface area contributed by atoms with E-state index in [0.29, 0.717) is 31.2 Å². The molecule has 0 bridgehead atoms. The number of benzene rings is 1. The maximum absolute atomic E-state index is 12.1. The zero-order valence-corrected chi connectivity index (χ0v) is 15.2. The second kappa shape index (κ2) is 9.04. The van der Waals surface area contributed by atoms with E-state index in [1.165, 1.54) is 0 Å². The van der Waals surface area contributed by atoms with Gasteiger partial charge in [0.2, 0.25) is 0 Å². The first-order valence-corrected chi connectivity index (χ1v) is 8.99. The van der Waals surface area contributed by atoms with Gasteiger partial charge in [0.15, 0.2) is 6.61 Å². The number of urea groups is 1. The van der Waals surface area contributed by atoms with Crippen LogP contribution in [0.15, 0.2) is 30.3 Å². The SMILES string of the molecule is CCCCNC(=O)NN1Cc2n[nH]c(NC(=O)COc3ccccc3)c2C1. The van der Waals surface area contributed by atoms with Gasteiger partial charge in [0, 0.05) is 18.7 Å². The number of hydrazine groups is 1. The van der Waals surface area contributed by atoms with Gasteiger partial charge in [-0.05, 0) is 18.6 Å². The number of para-hydroxylation sites is 1. The van der Waals surface area contributed by atoms with Gasteiger partial charge in [-0.3, -0.25) is 15.3 Å². The molecule has 1 aliphatic rings. The first-order chi connectivity index (χ1) is 13.2. The van der Waals surface area contributed by atoms with Crippen LogP contribution in [0.1, 0.15) is 31.0 Å². The van der Waals surface area contributed by atoms with E-state index in [4.69, 9.17) is 4.74 Å². The van der Waals surface area contributed by atoms with E-state index in [1.54, 1.807) is 17.1 Å². The fourth-order valence-electron chi connectivity index (χ4n) is 2.72. The highest BCUT2D eigenvalue weighted by molar-refractivity contribution is 5.91. The van der Waals surface area contributed by atoms with E-state index in [0.717, 1.165) is 24.1 Å². The second-order valence-electron chi connectivity index (χ2n) is 6.25. The Balaban J connectivity index is 1.47. The molecule has 9 heteroatoms. The van der Waals surface area contributed by atoms with Crippen molar-refractivity contribution in [1.29, 1.82) is 0 Å². The number of aromatic amines is 1. The van der Waals surface area contributed by atoms with Crippen molar-refractivity contribution < 1.29 is 14.3 Å². The van der Waals surface area contributed by atoms with Crippen molar-refractivity contribution in [3.63, 3.8) is 0 Å². The number of carbonyl (C=O) groups excluding carboxylic acids is 2. The van der Waals surface area contributed by atoms with Crippen molar-refractivity contribution in [3.8, 4) is 5.75 Å². The summed E-state index contributed by atoms with van der Waals surface area (Å²) in [5, 5.41) is 14.4. The van der Waals surface area contributed by atoms with Crippen LogP contribution in [0.5, 0.6) is 5.75 Å². The molecule has 1 aliphatic heterocycles. The van der Waals surface area contributed by atoms with Crippen LogP contribution in [0.3, 0.4) is 0 Å². The van der Waals surface area contributed by atoms with Crippen molar-refractivity contribution in [1.82, 2.24) is 25.9 Å². The number of aromatic nitrogens is 2. The van der Waals surface area contributed by atoms with E-state index in [1.807, 2.05) is 18.2 Å². The molecular formula is C18H24N6O3. The van der Waals surface area contributed by atoms with Crippen LogP contribution in [0.2, 0.25) is 0 Å². The highest BCUT2D eigenvalue weighted by Crippen LogP contribution is 2.25. The lowest BCUT2D eigenvalue weighted by Gasteiger charge is -2.17.